The van der Waals surface area contributed by atoms with Crippen LogP contribution in [0.2, 0.25) is 0 Å². The van der Waals surface area contributed by atoms with Crippen molar-refractivity contribution in [1.82, 2.24) is 4.90 Å². The van der Waals surface area contributed by atoms with Crippen molar-refractivity contribution in [3.05, 3.63) is 0 Å². The van der Waals surface area contributed by atoms with Gasteiger partial charge in [-0.05, 0) is 40.0 Å². The molecule has 2 atom stereocenters. The fourth-order valence-corrected chi connectivity index (χ4v) is 3.06. The summed E-state index contributed by atoms with van der Waals surface area (Å²) in [4.78, 5) is 25.1. The van der Waals surface area contributed by atoms with Gasteiger partial charge in [0.15, 0.2) is 0 Å². The highest BCUT2D eigenvalue weighted by Gasteiger charge is 2.52. The number of rotatable bonds is 1. The lowest BCUT2D eigenvalue weighted by Crippen LogP contribution is -2.43. The van der Waals surface area contributed by atoms with E-state index >= 15 is 0 Å². The first-order valence-electron chi connectivity index (χ1n) is 6.34. The molecule has 0 aromatic heterocycles. The van der Waals surface area contributed by atoms with Gasteiger partial charge in [0.1, 0.15) is 11.9 Å². The van der Waals surface area contributed by atoms with Crippen LogP contribution in [-0.4, -0.2) is 35.5 Å². The van der Waals surface area contributed by atoms with Gasteiger partial charge >= 0.3 is 6.09 Å². The van der Waals surface area contributed by atoms with Crippen molar-refractivity contribution in [2.45, 2.75) is 58.1 Å². The van der Waals surface area contributed by atoms with Crippen molar-refractivity contribution in [3.8, 4) is 0 Å². The van der Waals surface area contributed by atoms with Crippen molar-refractivity contribution in [2.75, 3.05) is 6.54 Å². The van der Waals surface area contributed by atoms with Gasteiger partial charge in [-0.2, -0.15) is 0 Å². The van der Waals surface area contributed by atoms with Crippen molar-refractivity contribution in [3.63, 3.8) is 0 Å². The molecule has 2 fully saturated rings. The second-order valence-corrected chi connectivity index (χ2v) is 6.18. The van der Waals surface area contributed by atoms with E-state index in [2.05, 4.69) is 0 Å². The molecule has 2 rings (SSSR count). The van der Waals surface area contributed by atoms with Crippen LogP contribution in [-0.2, 0) is 9.53 Å². The van der Waals surface area contributed by atoms with E-state index in [0.717, 1.165) is 32.0 Å². The van der Waals surface area contributed by atoms with Crippen LogP contribution < -0.4 is 0 Å². The molecule has 0 radical (unpaired) electrons. The summed E-state index contributed by atoms with van der Waals surface area (Å²) < 4.78 is 5.39. The molecule has 1 heterocycles. The van der Waals surface area contributed by atoms with Gasteiger partial charge in [-0.15, -0.1) is 0 Å². The molecule has 2 unspecified atom stereocenters. The number of nitrogens with zero attached hydrogens (tertiary/aromatic N) is 1. The lowest BCUT2D eigenvalue weighted by Gasteiger charge is -2.30. The van der Waals surface area contributed by atoms with Crippen LogP contribution in [0.1, 0.15) is 46.5 Å². The molecule has 4 heteroatoms. The van der Waals surface area contributed by atoms with E-state index < -0.39 is 5.60 Å². The molecule has 4 nitrogen and oxygen atoms in total. The van der Waals surface area contributed by atoms with Gasteiger partial charge in [0.2, 0.25) is 0 Å². The maximum atomic E-state index is 12.0. The predicted octanol–water partition coefficient (Wildman–Crippen LogP) is 2.37. The third kappa shape index (κ3) is 2.17. The fraction of sp³-hybridized carbons (Fsp3) is 0.846. The Bertz CT molecular complexity index is 334. The zero-order valence-corrected chi connectivity index (χ0v) is 10.9. The molecule has 1 saturated carbocycles. The monoisotopic (exact) mass is 239 g/mol. The van der Waals surface area contributed by atoms with E-state index in [1.165, 1.54) is 0 Å². The third-order valence-corrected chi connectivity index (χ3v) is 3.84. The minimum Gasteiger partial charge on any atom is -0.444 e. The molecular weight excluding hydrogens is 218 g/mol. The van der Waals surface area contributed by atoms with Crippen LogP contribution in [0.3, 0.4) is 0 Å². The molecule has 0 aromatic carbocycles. The first kappa shape index (κ1) is 12.4. The molecule has 96 valence electrons. The maximum Gasteiger partial charge on any atom is 0.410 e. The number of carbonyl (C=O) groups excluding carboxylic acids is 2. The zero-order valence-electron chi connectivity index (χ0n) is 10.9. The van der Waals surface area contributed by atoms with Gasteiger partial charge in [0.25, 0.3) is 0 Å². The molecule has 0 aromatic rings. The highest BCUT2D eigenvalue weighted by atomic mass is 16.6. The molecule has 1 aliphatic heterocycles. The Hall–Kier alpha value is -1.06. The van der Waals surface area contributed by atoms with Crippen molar-refractivity contribution < 1.29 is 14.3 Å². The van der Waals surface area contributed by atoms with Crippen LogP contribution in [0.4, 0.5) is 4.79 Å². The number of aldehydes is 1. The van der Waals surface area contributed by atoms with Gasteiger partial charge < -0.3 is 14.4 Å². The topological polar surface area (TPSA) is 46.6 Å². The van der Waals surface area contributed by atoms with Crippen LogP contribution in [0.15, 0.2) is 0 Å². The standard InChI is InChI=1S/C13H21NO3/c1-12(2,3)17-11(16)14-8-7-13(9-15)6-4-5-10(13)14/h9-10H,4-8H2,1-3H3. The maximum absolute atomic E-state index is 12.0. The van der Waals surface area contributed by atoms with Crippen LogP contribution in [0.5, 0.6) is 0 Å². The largest absolute Gasteiger partial charge is 0.444 e. The van der Waals surface area contributed by atoms with Crippen LogP contribution in [0, 0.1) is 5.41 Å². The number of hydrogen-bond donors (Lipinski definition) is 0. The summed E-state index contributed by atoms with van der Waals surface area (Å²) >= 11 is 0. The first-order chi connectivity index (χ1) is 7.88. The Labute approximate surface area is 102 Å². The molecule has 0 N–H and O–H groups in total. The minimum absolute atomic E-state index is 0.0647. The molecule has 1 aliphatic carbocycles. The molecule has 17 heavy (non-hydrogen) atoms. The van der Waals surface area contributed by atoms with E-state index in [1.54, 1.807) is 4.90 Å². The van der Waals surface area contributed by atoms with E-state index in [9.17, 15) is 9.59 Å². The Morgan fingerprint density at radius 2 is 2.12 bits per heavy atom. The Kier molecular flexibility index (Phi) is 2.92. The van der Waals surface area contributed by atoms with Gasteiger partial charge in [-0.1, -0.05) is 6.42 Å². The zero-order chi connectivity index (χ0) is 12.7. The van der Waals surface area contributed by atoms with Gasteiger partial charge in [-0.25, -0.2) is 4.79 Å². The van der Waals surface area contributed by atoms with E-state index in [1.807, 2.05) is 20.8 Å². The Morgan fingerprint density at radius 1 is 1.41 bits per heavy atom. The van der Waals surface area contributed by atoms with Gasteiger partial charge in [0.05, 0.1) is 0 Å². The minimum atomic E-state index is -0.470. The molecule has 1 saturated heterocycles. The average Bonchev–Trinajstić information content (AvgIpc) is 2.71. The molecule has 2 aliphatic rings. The SMILES string of the molecule is CC(C)(C)OC(=O)N1CCC2(C=O)CCCC12. The summed E-state index contributed by atoms with van der Waals surface area (Å²) in [5.41, 5.74) is -0.751. The predicted molar refractivity (Wildman–Crippen MR) is 63.7 cm³/mol. The van der Waals surface area contributed by atoms with Gasteiger partial charge in [0, 0.05) is 18.0 Å². The highest BCUT2D eigenvalue weighted by molar-refractivity contribution is 5.72. The third-order valence-electron chi connectivity index (χ3n) is 3.84. The Morgan fingerprint density at radius 3 is 2.71 bits per heavy atom. The highest BCUT2D eigenvalue weighted by Crippen LogP contribution is 2.47. The normalized spacial score (nSPS) is 32.4. The lowest BCUT2D eigenvalue weighted by molar-refractivity contribution is -0.116. The quantitative estimate of drug-likeness (QED) is 0.660. The fourth-order valence-electron chi connectivity index (χ4n) is 3.06. The molecular formula is C13H21NO3. The molecule has 1 amide bonds. The van der Waals surface area contributed by atoms with E-state index in [4.69, 9.17) is 4.74 Å². The lowest BCUT2D eigenvalue weighted by atomic mass is 9.84. The molecule has 0 spiro atoms. The smallest absolute Gasteiger partial charge is 0.410 e. The number of likely N-dealkylation sites (tertiary alicyclic amines) is 1. The number of ether oxygens (including phenoxy) is 1. The molecule has 0 bridgehead atoms. The number of carbonyl (C=O) groups is 2. The van der Waals surface area contributed by atoms with E-state index in [0.29, 0.717) is 6.54 Å². The summed E-state index contributed by atoms with van der Waals surface area (Å²) in [5, 5.41) is 0. The number of hydrogen-bond acceptors (Lipinski definition) is 3. The summed E-state index contributed by atoms with van der Waals surface area (Å²) in [6.45, 7) is 6.24. The van der Waals surface area contributed by atoms with Crippen molar-refractivity contribution in [2.24, 2.45) is 5.41 Å². The number of amides is 1. The van der Waals surface area contributed by atoms with Crippen molar-refractivity contribution in [1.29, 1.82) is 0 Å². The average molecular weight is 239 g/mol. The summed E-state index contributed by atoms with van der Waals surface area (Å²) in [6, 6.07) is 0.0647. The summed E-state index contributed by atoms with van der Waals surface area (Å²) in [6.07, 6.45) is 4.46. The first-order valence-corrected chi connectivity index (χ1v) is 6.34. The van der Waals surface area contributed by atoms with Crippen LogP contribution in [0.25, 0.3) is 0 Å². The van der Waals surface area contributed by atoms with Gasteiger partial charge in [-0.3, -0.25) is 0 Å². The van der Waals surface area contributed by atoms with Crippen LogP contribution >= 0.6 is 0 Å². The second kappa shape index (κ2) is 4.00. The number of fused-ring (bicyclic) bond motifs is 1. The Balaban J connectivity index is 2.09. The summed E-state index contributed by atoms with van der Waals surface area (Å²) in [5.74, 6) is 0. The summed E-state index contributed by atoms with van der Waals surface area (Å²) in [7, 11) is 0. The second-order valence-electron chi connectivity index (χ2n) is 6.18. The van der Waals surface area contributed by atoms with Crippen molar-refractivity contribution >= 4 is 12.4 Å². The van der Waals surface area contributed by atoms with E-state index in [-0.39, 0.29) is 17.6 Å².